The number of phenolic OH excluding ortho intramolecular Hbond substituents is 1. The number of aryl methyl sites for hydroxylation is 1. The van der Waals surface area contributed by atoms with E-state index in [0.29, 0.717) is 33.9 Å². The molecule has 0 saturated carbocycles. The van der Waals surface area contributed by atoms with E-state index in [1.54, 1.807) is 24.3 Å². The highest BCUT2D eigenvalue weighted by Crippen LogP contribution is 2.29. The highest BCUT2D eigenvalue weighted by Gasteiger charge is 2.17. The van der Waals surface area contributed by atoms with E-state index in [1.165, 1.54) is 24.0 Å². The number of halogens is 1. The second kappa shape index (κ2) is 11.7. The number of nitrogens with one attached hydrogen (secondary N) is 1. The topological polar surface area (TPSA) is 102 Å². The van der Waals surface area contributed by atoms with Gasteiger partial charge in [-0.1, -0.05) is 41.1 Å². The van der Waals surface area contributed by atoms with Crippen LogP contribution in [0.1, 0.15) is 18.1 Å². The Kier molecular flexibility index (Phi) is 8.24. The molecule has 1 aromatic heterocycles. The first kappa shape index (κ1) is 25.3. The van der Waals surface area contributed by atoms with Crippen molar-refractivity contribution in [3.8, 4) is 28.6 Å². The van der Waals surface area contributed by atoms with Gasteiger partial charge in [0.2, 0.25) is 0 Å². The molecule has 0 aliphatic rings. The van der Waals surface area contributed by atoms with Gasteiger partial charge in [0.1, 0.15) is 0 Å². The first-order valence-electron chi connectivity index (χ1n) is 11.1. The fourth-order valence-corrected chi connectivity index (χ4v) is 4.17. The molecule has 0 atom stereocenters. The van der Waals surface area contributed by atoms with Gasteiger partial charge >= 0.3 is 0 Å². The van der Waals surface area contributed by atoms with Crippen LogP contribution < -0.4 is 10.2 Å². The van der Waals surface area contributed by atoms with Gasteiger partial charge in [-0.15, -0.1) is 10.2 Å². The monoisotopic (exact) mass is 521 g/mol. The zero-order chi connectivity index (χ0) is 25.5. The molecule has 0 bridgehead atoms. The average molecular weight is 522 g/mol. The summed E-state index contributed by atoms with van der Waals surface area (Å²) in [6.07, 6.45) is 1.48. The Morgan fingerprint density at radius 3 is 2.61 bits per heavy atom. The Bertz CT molecular complexity index is 1370. The van der Waals surface area contributed by atoms with E-state index in [4.69, 9.17) is 16.3 Å². The van der Waals surface area contributed by atoms with E-state index < -0.39 is 0 Å². The van der Waals surface area contributed by atoms with Crippen LogP contribution in [0.5, 0.6) is 11.5 Å². The summed E-state index contributed by atoms with van der Waals surface area (Å²) in [7, 11) is 0. The lowest BCUT2D eigenvalue weighted by atomic mass is 10.2. The van der Waals surface area contributed by atoms with E-state index in [-0.39, 0.29) is 17.4 Å². The Labute approximate surface area is 218 Å². The van der Waals surface area contributed by atoms with Gasteiger partial charge in [-0.05, 0) is 74.0 Å². The Balaban J connectivity index is 1.47. The number of hydrogen-bond acceptors (Lipinski definition) is 7. The zero-order valence-electron chi connectivity index (χ0n) is 19.7. The van der Waals surface area contributed by atoms with Crippen LogP contribution in [-0.2, 0) is 4.79 Å². The first-order valence-corrected chi connectivity index (χ1v) is 12.5. The van der Waals surface area contributed by atoms with Crippen molar-refractivity contribution in [2.45, 2.75) is 19.0 Å². The molecular formula is C26H24ClN5O3S. The molecule has 1 heterocycles. The van der Waals surface area contributed by atoms with Gasteiger partial charge in [0, 0.05) is 16.3 Å². The molecule has 2 N–H and O–H groups in total. The minimum atomic E-state index is -0.299. The van der Waals surface area contributed by atoms with Gasteiger partial charge in [-0.2, -0.15) is 5.10 Å². The number of carbonyl (C=O) groups is 1. The number of aromatic hydroxyl groups is 1. The van der Waals surface area contributed by atoms with Crippen LogP contribution in [0, 0.1) is 6.92 Å². The molecule has 0 saturated heterocycles. The normalized spacial score (nSPS) is 11.1. The number of phenols is 1. The van der Waals surface area contributed by atoms with Crippen molar-refractivity contribution >= 4 is 35.5 Å². The maximum Gasteiger partial charge on any atom is 0.250 e. The molecular weight excluding hydrogens is 498 g/mol. The highest BCUT2D eigenvalue weighted by molar-refractivity contribution is 7.99. The largest absolute Gasteiger partial charge is 0.504 e. The van der Waals surface area contributed by atoms with Gasteiger partial charge < -0.3 is 9.84 Å². The molecule has 0 unspecified atom stereocenters. The molecule has 0 radical (unpaired) electrons. The van der Waals surface area contributed by atoms with Crippen LogP contribution in [0.4, 0.5) is 0 Å². The smallest absolute Gasteiger partial charge is 0.250 e. The fraction of sp³-hybridized carbons (Fsp3) is 0.154. The average Bonchev–Trinajstić information content (AvgIpc) is 3.29. The predicted octanol–water partition coefficient (Wildman–Crippen LogP) is 5.24. The second-order valence-corrected chi connectivity index (χ2v) is 9.10. The lowest BCUT2D eigenvalue weighted by molar-refractivity contribution is -0.118. The quantitative estimate of drug-likeness (QED) is 0.177. The summed E-state index contributed by atoms with van der Waals surface area (Å²) in [6, 6.07) is 20.2. The molecule has 1 amide bonds. The van der Waals surface area contributed by atoms with Crippen LogP contribution in [0.25, 0.3) is 17.1 Å². The summed E-state index contributed by atoms with van der Waals surface area (Å²) in [5, 5.41) is 23.7. The summed E-state index contributed by atoms with van der Waals surface area (Å²) in [4.78, 5) is 12.5. The minimum absolute atomic E-state index is 0.0464. The van der Waals surface area contributed by atoms with Crippen molar-refractivity contribution in [1.82, 2.24) is 20.2 Å². The molecule has 0 aliphatic heterocycles. The number of hydrogen-bond donors (Lipinski definition) is 2. The maximum atomic E-state index is 12.5. The standard InChI is InChI=1S/C26H24ClN5O3S/c1-3-35-23-14-18(6-13-22(23)33)15-28-29-24(34)16-36-26-31-30-25(19-7-9-20(27)10-8-19)32(26)21-11-4-17(2)5-12-21/h4-15,33H,3,16H2,1-2H3,(H,29,34)/b28-15+. The number of amides is 1. The number of thioether (sulfide) groups is 1. The summed E-state index contributed by atoms with van der Waals surface area (Å²) < 4.78 is 7.27. The van der Waals surface area contributed by atoms with Crippen molar-refractivity contribution in [3.63, 3.8) is 0 Å². The van der Waals surface area contributed by atoms with E-state index >= 15 is 0 Å². The molecule has 36 heavy (non-hydrogen) atoms. The van der Waals surface area contributed by atoms with E-state index in [9.17, 15) is 9.90 Å². The van der Waals surface area contributed by atoms with E-state index in [0.717, 1.165) is 16.8 Å². The Morgan fingerprint density at radius 1 is 1.14 bits per heavy atom. The summed E-state index contributed by atoms with van der Waals surface area (Å²) >= 11 is 7.31. The lowest BCUT2D eigenvalue weighted by Gasteiger charge is -2.10. The Morgan fingerprint density at radius 2 is 1.89 bits per heavy atom. The predicted molar refractivity (Wildman–Crippen MR) is 142 cm³/mol. The SMILES string of the molecule is CCOc1cc(/C=N/NC(=O)CSc2nnc(-c3ccc(Cl)cc3)n2-c2ccc(C)cc2)ccc1O. The molecule has 4 rings (SSSR count). The molecule has 0 fully saturated rings. The zero-order valence-corrected chi connectivity index (χ0v) is 21.3. The molecule has 4 aromatic rings. The number of ether oxygens (including phenoxy) is 1. The lowest BCUT2D eigenvalue weighted by Crippen LogP contribution is -2.20. The number of benzene rings is 3. The maximum absolute atomic E-state index is 12.5. The van der Waals surface area contributed by atoms with Crippen molar-refractivity contribution in [1.29, 1.82) is 0 Å². The highest BCUT2D eigenvalue weighted by atomic mass is 35.5. The van der Waals surface area contributed by atoms with Gasteiger partial charge in [0.25, 0.3) is 5.91 Å². The van der Waals surface area contributed by atoms with E-state index in [1.807, 2.05) is 54.8 Å². The number of nitrogens with zero attached hydrogens (tertiary/aromatic N) is 4. The number of rotatable bonds is 9. The number of hydrazone groups is 1. The third kappa shape index (κ3) is 6.24. The molecule has 184 valence electrons. The Hall–Kier alpha value is -3.82. The molecule has 10 heteroatoms. The van der Waals surface area contributed by atoms with Crippen molar-refractivity contribution < 1.29 is 14.6 Å². The van der Waals surface area contributed by atoms with Gasteiger partial charge in [-0.3, -0.25) is 9.36 Å². The fourth-order valence-electron chi connectivity index (χ4n) is 3.30. The van der Waals surface area contributed by atoms with Crippen molar-refractivity contribution in [2.75, 3.05) is 12.4 Å². The molecule has 0 spiro atoms. The third-order valence-electron chi connectivity index (χ3n) is 5.05. The van der Waals surface area contributed by atoms with E-state index in [2.05, 4.69) is 20.7 Å². The van der Waals surface area contributed by atoms with Crippen LogP contribution in [0.15, 0.2) is 77.0 Å². The van der Waals surface area contributed by atoms with Crippen LogP contribution in [0.2, 0.25) is 5.02 Å². The third-order valence-corrected chi connectivity index (χ3v) is 6.23. The summed E-state index contributed by atoms with van der Waals surface area (Å²) in [5.41, 5.74) is 6.06. The number of aromatic nitrogens is 3. The summed E-state index contributed by atoms with van der Waals surface area (Å²) in [5.74, 6) is 0.836. The molecule has 3 aromatic carbocycles. The summed E-state index contributed by atoms with van der Waals surface area (Å²) in [6.45, 7) is 4.28. The van der Waals surface area contributed by atoms with Crippen LogP contribution in [0.3, 0.4) is 0 Å². The number of carbonyl (C=O) groups excluding carboxylic acids is 1. The molecule has 0 aliphatic carbocycles. The van der Waals surface area contributed by atoms with Crippen LogP contribution >= 0.6 is 23.4 Å². The first-order chi connectivity index (χ1) is 17.4. The van der Waals surface area contributed by atoms with Gasteiger partial charge in [0.05, 0.1) is 18.6 Å². The minimum Gasteiger partial charge on any atom is -0.504 e. The van der Waals surface area contributed by atoms with Crippen LogP contribution in [-0.4, -0.2) is 44.4 Å². The second-order valence-electron chi connectivity index (χ2n) is 7.73. The van der Waals surface area contributed by atoms with Crippen molar-refractivity contribution in [3.05, 3.63) is 82.9 Å². The van der Waals surface area contributed by atoms with Gasteiger partial charge in [0.15, 0.2) is 22.5 Å². The van der Waals surface area contributed by atoms with Crippen molar-refractivity contribution in [2.24, 2.45) is 5.10 Å². The van der Waals surface area contributed by atoms with Gasteiger partial charge in [-0.25, -0.2) is 5.43 Å². The molecule has 8 nitrogen and oxygen atoms in total.